The monoisotopic (exact) mass is 411 g/mol. The summed E-state index contributed by atoms with van der Waals surface area (Å²) >= 11 is 4.72. The van der Waals surface area contributed by atoms with Crippen molar-refractivity contribution in [3.05, 3.63) is 21.2 Å². The highest BCUT2D eigenvalue weighted by Gasteiger charge is 2.18. The van der Waals surface area contributed by atoms with Crippen molar-refractivity contribution in [2.45, 2.75) is 20.3 Å². The topological polar surface area (TPSA) is 113 Å². The van der Waals surface area contributed by atoms with E-state index >= 15 is 0 Å². The fourth-order valence-corrected chi connectivity index (χ4v) is 3.56. The first kappa shape index (κ1) is 16.7. The molecule has 3 aromatic rings. The average molecular weight is 412 g/mol. The van der Waals surface area contributed by atoms with E-state index in [-0.39, 0.29) is 11.6 Å². The molecule has 0 radical (unpaired) electrons. The molecule has 0 aromatic carbocycles. The van der Waals surface area contributed by atoms with Gasteiger partial charge in [0.15, 0.2) is 10.8 Å². The minimum absolute atomic E-state index is 0.0236. The fraction of sp³-hybridized carbons (Fsp3) is 0.286. The van der Waals surface area contributed by atoms with E-state index in [1.165, 1.54) is 16.7 Å². The average Bonchev–Trinajstić information content (AvgIpc) is 3.12. The van der Waals surface area contributed by atoms with Gasteiger partial charge >= 0.3 is 5.97 Å². The maximum atomic E-state index is 10.9. The number of aromatic amines is 1. The van der Waals surface area contributed by atoms with Crippen LogP contribution < -0.4 is 10.1 Å². The Bertz CT molecular complexity index is 907. The molecule has 0 saturated heterocycles. The first-order valence-electron chi connectivity index (χ1n) is 7.20. The minimum atomic E-state index is -1.08. The van der Waals surface area contributed by atoms with Crippen LogP contribution in [0, 0.1) is 0 Å². The standard InChI is InChI=1S/C14H14BrN5O3S/c1-3-6-9(15)8-10(16-6)18-13(19-11(8)23-4-2)20-14-17-7(5-24-14)12(21)22/h5H,3-4H2,1-2H3,(H,21,22)(H2,16,17,18,19,20). The number of carboxylic acids is 1. The van der Waals surface area contributed by atoms with Gasteiger partial charge in [0.25, 0.3) is 0 Å². The van der Waals surface area contributed by atoms with Gasteiger partial charge in [-0.3, -0.25) is 5.32 Å². The van der Waals surface area contributed by atoms with Crippen LogP contribution in [0.25, 0.3) is 11.0 Å². The van der Waals surface area contributed by atoms with Gasteiger partial charge < -0.3 is 14.8 Å². The summed E-state index contributed by atoms with van der Waals surface area (Å²) in [6, 6.07) is 0. The lowest BCUT2D eigenvalue weighted by atomic mass is 10.3. The molecule has 126 valence electrons. The van der Waals surface area contributed by atoms with Gasteiger partial charge in [-0.25, -0.2) is 9.78 Å². The molecule has 0 saturated carbocycles. The normalized spacial score (nSPS) is 11.0. The summed E-state index contributed by atoms with van der Waals surface area (Å²) in [5.74, 6) is -0.344. The zero-order chi connectivity index (χ0) is 17.3. The second kappa shape index (κ2) is 6.73. The molecule has 0 aliphatic carbocycles. The summed E-state index contributed by atoms with van der Waals surface area (Å²) in [5.41, 5.74) is 1.61. The number of ether oxygens (including phenoxy) is 1. The van der Waals surface area contributed by atoms with Gasteiger partial charge in [0.05, 0.1) is 16.5 Å². The van der Waals surface area contributed by atoms with Gasteiger partial charge in [-0.2, -0.15) is 9.97 Å². The number of aromatic carboxylic acids is 1. The Hall–Kier alpha value is -2.20. The van der Waals surface area contributed by atoms with Crippen molar-refractivity contribution in [1.82, 2.24) is 19.9 Å². The van der Waals surface area contributed by atoms with E-state index in [4.69, 9.17) is 9.84 Å². The van der Waals surface area contributed by atoms with Crippen LogP contribution >= 0.6 is 27.3 Å². The predicted molar refractivity (Wildman–Crippen MR) is 94.5 cm³/mol. The van der Waals surface area contributed by atoms with Gasteiger partial charge in [0.1, 0.15) is 5.65 Å². The van der Waals surface area contributed by atoms with E-state index in [2.05, 4.69) is 41.2 Å². The zero-order valence-electron chi connectivity index (χ0n) is 12.9. The minimum Gasteiger partial charge on any atom is -0.477 e. The van der Waals surface area contributed by atoms with Gasteiger partial charge in [0, 0.05) is 11.1 Å². The van der Waals surface area contributed by atoms with Crippen LogP contribution in [-0.4, -0.2) is 37.6 Å². The van der Waals surface area contributed by atoms with Crippen LogP contribution in [0.3, 0.4) is 0 Å². The molecule has 0 aliphatic rings. The molecule has 0 atom stereocenters. The zero-order valence-corrected chi connectivity index (χ0v) is 15.3. The highest BCUT2D eigenvalue weighted by molar-refractivity contribution is 9.10. The van der Waals surface area contributed by atoms with E-state index in [1.807, 2.05) is 13.8 Å². The fourth-order valence-electron chi connectivity index (χ4n) is 2.14. The van der Waals surface area contributed by atoms with Crippen molar-refractivity contribution in [1.29, 1.82) is 0 Å². The molecule has 10 heteroatoms. The van der Waals surface area contributed by atoms with Crippen molar-refractivity contribution < 1.29 is 14.6 Å². The maximum absolute atomic E-state index is 10.9. The van der Waals surface area contributed by atoms with Gasteiger partial charge in [-0.1, -0.05) is 6.92 Å². The van der Waals surface area contributed by atoms with Crippen LogP contribution in [0.1, 0.15) is 30.0 Å². The van der Waals surface area contributed by atoms with Crippen LogP contribution in [0.2, 0.25) is 0 Å². The van der Waals surface area contributed by atoms with Crippen LogP contribution in [0.5, 0.6) is 5.88 Å². The molecule has 24 heavy (non-hydrogen) atoms. The number of aromatic nitrogens is 4. The largest absolute Gasteiger partial charge is 0.477 e. The lowest BCUT2D eigenvalue weighted by Crippen LogP contribution is -2.02. The highest BCUT2D eigenvalue weighted by Crippen LogP contribution is 2.34. The molecule has 3 heterocycles. The summed E-state index contributed by atoms with van der Waals surface area (Å²) < 4.78 is 6.51. The molecule has 3 N–H and O–H groups in total. The molecule has 0 aliphatic heterocycles. The van der Waals surface area contributed by atoms with Gasteiger partial charge in [-0.15, -0.1) is 11.3 Å². The molecular weight excluding hydrogens is 398 g/mol. The third kappa shape index (κ3) is 3.06. The Balaban J connectivity index is 2.02. The van der Waals surface area contributed by atoms with Crippen molar-refractivity contribution in [3.63, 3.8) is 0 Å². The number of thiazole rings is 1. The van der Waals surface area contributed by atoms with Crippen LogP contribution in [-0.2, 0) is 6.42 Å². The Morgan fingerprint density at radius 3 is 2.83 bits per heavy atom. The Morgan fingerprint density at radius 1 is 1.42 bits per heavy atom. The Labute approximate surface area is 149 Å². The van der Waals surface area contributed by atoms with Crippen molar-refractivity contribution in [3.8, 4) is 5.88 Å². The molecule has 0 bridgehead atoms. The molecule has 8 nitrogen and oxygen atoms in total. The lowest BCUT2D eigenvalue weighted by molar-refractivity contribution is 0.0691. The molecule has 0 unspecified atom stereocenters. The Morgan fingerprint density at radius 2 is 2.21 bits per heavy atom. The molecule has 3 aromatic heterocycles. The van der Waals surface area contributed by atoms with Crippen molar-refractivity contribution >= 4 is 55.3 Å². The molecule has 3 rings (SSSR count). The summed E-state index contributed by atoms with van der Waals surface area (Å²) in [6.45, 7) is 4.37. The van der Waals surface area contributed by atoms with Crippen LogP contribution in [0.4, 0.5) is 11.1 Å². The number of H-pyrrole nitrogens is 1. The molecule has 0 amide bonds. The number of nitrogens with zero attached hydrogens (tertiary/aromatic N) is 3. The van der Waals surface area contributed by atoms with Gasteiger partial charge in [0.2, 0.25) is 11.8 Å². The quantitative estimate of drug-likeness (QED) is 0.567. The second-order valence-electron chi connectivity index (χ2n) is 4.75. The van der Waals surface area contributed by atoms with E-state index in [1.54, 1.807) is 0 Å². The number of fused-ring (bicyclic) bond motifs is 1. The number of nitrogens with one attached hydrogen (secondary N) is 2. The molecular formula is C14H14BrN5O3S. The van der Waals surface area contributed by atoms with E-state index in [0.29, 0.717) is 23.3 Å². The first-order valence-corrected chi connectivity index (χ1v) is 8.87. The summed E-state index contributed by atoms with van der Waals surface area (Å²) in [5, 5.41) is 14.5. The molecule has 0 fully saturated rings. The third-order valence-electron chi connectivity index (χ3n) is 3.21. The van der Waals surface area contributed by atoms with Crippen molar-refractivity contribution in [2.75, 3.05) is 11.9 Å². The number of anilines is 2. The summed E-state index contributed by atoms with van der Waals surface area (Å²) in [4.78, 5) is 26.9. The first-order chi connectivity index (χ1) is 11.5. The number of aryl methyl sites for hydroxylation is 1. The number of rotatable bonds is 6. The number of hydrogen-bond donors (Lipinski definition) is 3. The highest BCUT2D eigenvalue weighted by atomic mass is 79.9. The lowest BCUT2D eigenvalue weighted by Gasteiger charge is -2.07. The molecule has 0 spiro atoms. The van der Waals surface area contributed by atoms with E-state index in [9.17, 15) is 4.79 Å². The number of hydrogen-bond acceptors (Lipinski definition) is 7. The number of carboxylic acid groups (broad SMARTS) is 1. The number of halogens is 1. The summed E-state index contributed by atoms with van der Waals surface area (Å²) in [7, 11) is 0. The third-order valence-corrected chi connectivity index (χ3v) is 4.84. The smallest absolute Gasteiger partial charge is 0.355 e. The SMILES string of the molecule is CCOc1nc(Nc2nc(C(=O)O)cs2)nc2[nH]c(CC)c(Br)c12. The predicted octanol–water partition coefficient (Wildman–Crippen LogP) is 3.58. The van der Waals surface area contributed by atoms with Gasteiger partial charge in [-0.05, 0) is 29.3 Å². The van der Waals surface area contributed by atoms with Crippen molar-refractivity contribution in [2.24, 2.45) is 0 Å². The van der Waals surface area contributed by atoms with Crippen LogP contribution in [0.15, 0.2) is 9.85 Å². The van der Waals surface area contributed by atoms with E-state index in [0.717, 1.165) is 22.0 Å². The maximum Gasteiger partial charge on any atom is 0.355 e. The number of carbonyl (C=O) groups is 1. The Kier molecular flexibility index (Phi) is 4.67. The second-order valence-corrected chi connectivity index (χ2v) is 6.40. The van der Waals surface area contributed by atoms with E-state index < -0.39 is 5.97 Å². The summed E-state index contributed by atoms with van der Waals surface area (Å²) in [6.07, 6.45) is 0.805.